The maximum Gasteiger partial charge on any atom is 0.0786 e. The van der Waals surface area contributed by atoms with Gasteiger partial charge in [0.05, 0.1) is 12.6 Å². The van der Waals surface area contributed by atoms with Gasteiger partial charge in [0.2, 0.25) is 0 Å². The Kier molecular flexibility index (Phi) is 4.66. The van der Waals surface area contributed by atoms with Crippen LogP contribution in [-0.2, 0) is 16.9 Å². The van der Waals surface area contributed by atoms with Gasteiger partial charge in [0, 0.05) is 22.1 Å². The molecule has 0 radical (unpaired) electrons. The van der Waals surface area contributed by atoms with Gasteiger partial charge < -0.3 is 4.74 Å². The Morgan fingerprint density at radius 2 is 2.50 bits per heavy atom. The predicted molar refractivity (Wildman–Crippen MR) is 70.7 cm³/mol. The van der Waals surface area contributed by atoms with Crippen LogP contribution < -0.4 is 11.3 Å². The van der Waals surface area contributed by atoms with E-state index in [2.05, 4.69) is 11.5 Å². The number of hydrazine groups is 1. The highest BCUT2D eigenvalue weighted by Gasteiger charge is 2.18. The normalized spacial score (nSPS) is 17.1. The van der Waals surface area contributed by atoms with Crippen molar-refractivity contribution in [3.63, 3.8) is 0 Å². The number of hydrogen-bond acceptors (Lipinski definition) is 5. The van der Waals surface area contributed by atoms with Gasteiger partial charge in [-0.2, -0.15) is 11.8 Å². The zero-order chi connectivity index (χ0) is 11.4. The lowest BCUT2D eigenvalue weighted by molar-refractivity contribution is 0.124. The van der Waals surface area contributed by atoms with Gasteiger partial charge in [0.15, 0.2) is 0 Å². The summed E-state index contributed by atoms with van der Waals surface area (Å²) in [4.78, 5) is 2.84. The molecule has 1 aromatic rings. The van der Waals surface area contributed by atoms with E-state index in [0.717, 1.165) is 12.4 Å². The van der Waals surface area contributed by atoms with Gasteiger partial charge in [-0.05, 0) is 30.7 Å². The van der Waals surface area contributed by atoms with Gasteiger partial charge in [-0.3, -0.25) is 5.84 Å². The van der Waals surface area contributed by atoms with Crippen LogP contribution in [0.1, 0.15) is 28.3 Å². The van der Waals surface area contributed by atoms with Crippen molar-refractivity contribution in [2.24, 2.45) is 5.84 Å². The topological polar surface area (TPSA) is 47.3 Å². The van der Waals surface area contributed by atoms with E-state index in [4.69, 9.17) is 10.6 Å². The summed E-state index contributed by atoms with van der Waals surface area (Å²) in [6.07, 6.45) is 1.20. The lowest BCUT2D eigenvalue weighted by atomic mass is 10.2. The lowest BCUT2D eigenvalue weighted by Gasteiger charge is -2.13. The minimum atomic E-state index is 0.139. The number of nitrogens with one attached hydrogen (secondary N) is 1. The smallest absolute Gasteiger partial charge is 0.0786 e. The van der Waals surface area contributed by atoms with Gasteiger partial charge in [-0.15, -0.1) is 11.3 Å². The summed E-state index contributed by atoms with van der Waals surface area (Å²) in [6, 6.07) is 2.43. The van der Waals surface area contributed by atoms with E-state index in [0.29, 0.717) is 6.61 Å². The second kappa shape index (κ2) is 6.02. The summed E-state index contributed by atoms with van der Waals surface area (Å²) in [5.74, 6) is 7.97. The molecule has 0 saturated carbocycles. The molecular formula is C11H18N2OS2. The average molecular weight is 258 g/mol. The molecule has 2 rings (SSSR count). The molecule has 1 atom stereocenters. The van der Waals surface area contributed by atoms with E-state index in [1.807, 2.05) is 30.0 Å². The molecule has 16 heavy (non-hydrogen) atoms. The van der Waals surface area contributed by atoms with Crippen molar-refractivity contribution in [1.29, 1.82) is 0 Å². The summed E-state index contributed by atoms with van der Waals surface area (Å²) in [5.41, 5.74) is 4.33. The Morgan fingerprint density at radius 3 is 3.19 bits per heavy atom. The number of ether oxygens (including phenoxy) is 1. The second-order valence-corrected chi connectivity index (χ2v) is 6.05. The molecule has 3 N–H and O–H groups in total. The van der Waals surface area contributed by atoms with Crippen LogP contribution in [0.4, 0.5) is 0 Å². The van der Waals surface area contributed by atoms with Gasteiger partial charge in [0.25, 0.3) is 0 Å². The molecule has 1 aromatic heterocycles. The molecular weight excluding hydrogens is 240 g/mol. The maximum atomic E-state index is 5.57. The molecule has 0 amide bonds. The minimum Gasteiger partial charge on any atom is -0.380 e. The maximum absolute atomic E-state index is 5.57. The molecule has 0 saturated heterocycles. The average Bonchev–Trinajstić information content (AvgIpc) is 2.73. The van der Waals surface area contributed by atoms with Crippen LogP contribution >= 0.6 is 23.1 Å². The first-order valence-electron chi connectivity index (χ1n) is 5.58. The third kappa shape index (κ3) is 2.78. The van der Waals surface area contributed by atoms with Crippen LogP contribution in [0.2, 0.25) is 0 Å². The molecule has 0 fully saturated rings. The summed E-state index contributed by atoms with van der Waals surface area (Å²) in [7, 11) is 0. The van der Waals surface area contributed by atoms with Crippen LogP contribution in [0.3, 0.4) is 0 Å². The number of hydrogen-bond donors (Lipinski definition) is 2. The standard InChI is InChI=1S/C11H18N2OS2/c1-2-14-6-9(13-12)11-5-8-7-15-4-3-10(8)16-11/h5,9,13H,2-4,6-7,12H2,1H3. The van der Waals surface area contributed by atoms with Crippen molar-refractivity contribution in [3.05, 3.63) is 21.4 Å². The van der Waals surface area contributed by atoms with Crippen LogP contribution in [0.5, 0.6) is 0 Å². The van der Waals surface area contributed by atoms with E-state index in [1.54, 1.807) is 0 Å². The molecule has 0 aliphatic carbocycles. The molecule has 0 aromatic carbocycles. The Morgan fingerprint density at radius 1 is 1.62 bits per heavy atom. The number of nitrogens with two attached hydrogens (primary N) is 1. The summed E-state index contributed by atoms with van der Waals surface area (Å²) in [5, 5.41) is 0. The highest BCUT2D eigenvalue weighted by Crippen LogP contribution is 2.34. The molecule has 0 spiro atoms. The number of thioether (sulfide) groups is 1. The van der Waals surface area contributed by atoms with Crippen molar-refractivity contribution in [1.82, 2.24) is 5.43 Å². The van der Waals surface area contributed by atoms with Crippen molar-refractivity contribution < 1.29 is 4.74 Å². The number of rotatable bonds is 5. The van der Waals surface area contributed by atoms with Gasteiger partial charge in [-0.25, -0.2) is 5.43 Å². The fourth-order valence-electron chi connectivity index (χ4n) is 1.79. The number of fused-ring (bicyclic) bond motifs is 1. The predicted octanol–water partition coefficient (Wildman–Crippen LogP) is 2.08. The van der Waals surface area contributed by atoms with Crippen LogP contribution in [0.15, 0.2) is 6.07 Å². The molecule has 1 aliphatic heterocycles. The largest absolute Gasteiger partial charge is 0.380 e. The third-order valence-corrected chi connectivity index (χ3v) is 5.04. The molecule has 3 nitrogen and oxygen atoms in total. The van der Waals surface area contributed by atoms with Crippen molar-refractivity contribution in [2.75, 3.05) is 19.0 Å². The Hall–Kier alpha value is -0.0700. The van der Waals surface area contributed by atoms with E-state index in [-0.39, 0.29) is 6.04 Å². The van der Waals surface area contributed by atoms with Crippen LogP contribution in [-0.4, -0.2) is 19.0 Å². The monoisotopic (exact) mass is 258 g/mol. The van der Waals surface area contributed by atoms with E-state index >= 15 is 0 Å². The fourth-order valence-corrected chi connectivity index (χ4v) is 4.21. The molecule has 1 unspecified atom stereocenters. The van der Waals surface area contributed by atoms with Crippen molar-refractivity contribution in [3.8, 4) is 0 Å². The Balaban J connectivity index is 2.09. The lowest BCUT2D eigenvalue weighted by Crippen LogP contribution is -2.30. The van der Waals surface area contributed by atoms with E-state index in [1.165, 1.54) is 27.5 Å². The SMILES string of the molecule is CCOCC(NN)c1cc2c(s1)CCSC2. The van der Waals surface area contributed by atoms with Crippen LogP contribution in [0.25, 0.3) is 0 Å². The van der Waals surface area contributed by atoms with Crippen molar-refractivity contribution in [2.45, 2.75) is 25.1 Å². The number of thiophene rings is 1. The summed E-state index contributed by atoms with van der Waals surface area (Å²) in [6.45, 7) is 3.39. The quantitative estimate of drug-likeness (QED) is 0.627. The van der Waals surface area contributed by atoms with E-state index < -0.39 is 0 Å². The molecule has 2 heterocycles. The first-order valence-corrected chi connectivity index (χ1v) is 7.55. The first kappa shape index (κ1) is 12.4. The second-order valence-electron chi connectivity index (χ2n) is 3.78. The first-order chi connectivity index (χ1) is 7.85. The Labute approximate surface area is 105 Å². The molecule has 5 heteroatoms. The van der Waals surface area contributed by atoms with Crippen LogP contribution in [0, 0.1) is 0 Å². The van der Waals surface area contributed by atoms with Gasteiger partial charge in [-0.1, -0.05) is 0 Å². The molecule has 0 bridgehead atoms. The molecule has 90 valence electrons. The Bertz CT molecular complexity index is 317. The highest BCUT2D eigenvalue weighted by atomic mass is 32.2. The fraction of sp³-hybridized carbons (Fsp3) is 0.636. The minimum absolute atomic E-state index is 0.139. The summed E-state index contributed by atoms with van der Waals surface area (Å²) < 4.78 is 5.43. The highest BCUT2D eigenvalue weighted by molar-refractivity contribution is 7.98. The summed E-state index contributed by atoms with van der Waals surface area (Å²) >= 11 is 3.89. The molecule has 1 aliphatic rings. The zero-order valence-electron chi connectivity index (χ0n) is 9.49. The van der Waals surface area contributed by atoms with E-state index in [9.17, 15) is 0 Å². The number of aryl methyl sites for hydroxylation is 1. The van der Waals surface area contributed by atoms with Gasteiger partial charge >= 0.3 is 0 Å². The third-order valence-electron chi connectivity index (χ3n) is 2.68. The van der Waals surface area contributed by atoms with Gasteiger partial charge in [0.1, 0.15) is 0 Å². The zero-order valence-corrected chi connectivity index (χ0v) is 11.1. The van der Waals surface area contributed by atoms with Crippen molar-refractivity contribution >= 4 is 23.1 Å².